The highest BCUT2D eigenvalue weighted by Crippen LogP contribution is 2.43. The summed E-state index contributed by atoms with van der Waals surface area (Å²) in [7, 11) is 1.65. The second-order valence-corrected chi connectivity index (χ2v) is 8.61. The van der Waals surface area contributed by atoms with Crippen LogP contribution in [0.2, 0.25) is 0 Å². The highest BCUT2D eigenvalue weighted by molar-refractivity contribution is 8.17. The summed E-state index contributed by atoms with van der Waals surface area (Å²) in [6.07, 6.45) is 0.0191. The van der Waals surface area contributed by atoms with E-state index < -0.39 is 6.10 Å². The Morgan fingerprint density at radius 1 is 1.22 bits per heavy atom. The molecule has 0 bridgehead atoms. The summed E-state index contributed by atoms with van der Waals surface area (Å²) in [4.78, 5) is 0. The SMILES string of the molecule is CO[C@H]1O[C@H](COCc2ccccc2)[C@@H](O)[C@@H]1C1SCCCS1. The normalized spacial score (nSPS) is 32.3. The molecule has 4 atom stereocenters. The Morgan fingerprint density at radius 3 is 2.65 bits per heavy atom. The summed E-state index contributed by atoms with van der Waals surface area (Å²) < 4.78 is 17.5. The quantitative estimate of drug-likeness (QED) is 0.846. The lowest BCUT2D eigenvalue weighted by Gasteiger charge is -2.30. The maximum absolute atomic E-state index is 10.7. The minimum Gasteiger partial charge on any atom is -0.390 e. The number of methoxy groups -OCH3 is 1. The molecule has 1 aromatic carbocycles. The van der Waals surface area contributed by atoms with Gasteiger partial charge in [-0.2, -0.15) is 0 Å². The lowest BCUT2D eigenvalue weighted by molar-refractivity contribution is -0.143. The molecule has 2 saturated heterocycles. The van der Waals surface area contributed by atoms with Gasteiger partial charge in [-0.05, 0) is 23.5 Å². The fraction of sp³-hybridized carbons (Fsp3) is 0.647. The van der Waals surface area contributed by atoms with Gasteiger partial charge < -0.3 is 19.3 Å². The van der Waals surface area contributed by atoms with E-state index in [2.05, 4.69) is 0 Å². The Labute approximate surface area is 146 Å². The van der Waals surface area contributed by atoms with Crippen molar-refractivity contribution < 1.29 is 19.3 Å². The molecule has 0 aliphatic carbocycles. The van der Waals surface area contributed by atoms with Crippen LogP contribution >= 0.6 is 23.5 Å². The first-order valence-corrected chi connectivity index (χ1v) is 10.1. The lowest BCUT2D eigenvalue weighted by Crippen LogP contribution is -2.37. The zero-order valence-electron chi connectivity index (χ0n) is 13.3. The van der Waals surface area contributed by atoms with Crippen molar-refractivity contribution in [3.8, 4) is 0 Å². The number of rotatable bonds is 6. The monoisotopic (exact) mass is 356 g/mol. The molecule has 0 radical (unpaired) electrons. The number of benzene rings is 1. The van der Waals surface area contributed by atoms with Crippen LogP contribution in [0.5, 0.6) is 0 Å². The van der Waals surface area contributed by atoms with Gasteiger partial charge >= 0.3 is 0 Å². The fourth-order valence-corrected chi connectivity index (χ4v) is 6.24. The molecule has 2 heterocycles. The van der Waals surface area contributed by atoms with Crippen molar-refractivity contribution in [1.29, 1.82) is 0 Å². The van der Waals surface area contributed by atoms with Gasteiger partial charge in [-0.25, -0.2) is 0 Å². The molecule has 3 rings (SSSR count). The molecule has 0 saturated carbocycles. The van der Waals surface area contributed by atoms with E-state index in [0.717, 1.165) is 17.1 Å². The van der Waals surface area contributed by atoms with Gasteiger partial charge in [-0.3, -0.25) is 0 Å². The molecule has 0 amide bonds. The number of ether oxygens (including phenoxy) is 3. The van der Waals surface area contributed by atoms with E-state index in [4.69, 9.17) is 14.2 Å². The Kier molecular flexibility index (Phi) is 6.68. The van der Waals surface area contributed by atoms with E-state index in [1.54, 1.807) is 7.11 Å². The van der Waals surface area contributed by atoms with Crippen molar-refractivity contribution in [3.05, 3.63) is 35.9 Å². The summed E-state index contributed by atoms with van der Waals surface area (Å²) in [5.74, 6) is 2.29. The molecule has 4 nitrogen and oxygen atoms in total. The van der Waals surface area contributed by atoms with Crippen LogP contribution in [-0.4, -0.2) is 53.4 Å². The predicted octanol–water partition coefficient (Wildman–Crippen LogP) is 2.75. The zero-order valence-corrected chi connectivity index (χ0v) is 14.9. The number of aliphatic hydroxyl groups is 1. The minimum atomic E-state index is -0.543. The van der Waals surface area contributed by atoms with Crippen LogP contribution in [-0.2, 0) is 20.8 Å². The standard InChI is InChI=1S/C17H24O4S2/c1-19-16-14(17-22-8-5-9-23-17)15(18)13(21-16)11-20-10-12-6-3-2-4-7-12/h2-4,6-7,13-18H,5,8-11H2,1H3/t13-,14+,15-,16+/m1/s1. The third-order valence-electron chi connectivity index (χ3n) is 4.19. The summed E-state index contributed by atoms with van der Waals surface area (Å²) in [6.45, 7) is 0.914. The Balaban J connectivity index is 1.53. The van der Waals surface area contributed by atoms with Crippen molar-refractivity contribution in [3.63, 3.8) is 0 Å². The second kappa shape index (κ2) is 8.74. The van der Waals surface area contributed by atoms with Crippen molar-refractivity contribution in [2.24, 2.45) is 5.92 Å². The molecule has 1 N–H and O–H groups in total. The molecule has 128 valence electrons. The van der Waals surface area contributed by atoms with Gasteiger partial charge in [0.1, 0.15) is 6.10 Å². The fourth-order valence-electron chi connectivity index (χ4n) is 2.99. The Bertz CT molecular complexity index is 467. The molecule has 2 fully saturated rings. The smallest absolute Gasteiger partial charge is 0.165 e. The predicted molar refractivity (Wildman–Crippen MR) is 94.6 cm³/mol. The molecule has 2 aliphatic rings. The summed E-state index contributed by atoms with van der Waals surface area (Å²) in [6, 6.07) is 10.0. The van der Waals surface area contributed by atoms with Crippen molar-refractivity contribution in [2.45, 2.75) is 36.1 Å². The van der Waals surface area contributed by atoms with Crippen LogP contribution in [0.3, 0.4) is 0 Å². The molecule has 0 spiro atoms. The minimum absolute atomic E-state index is 0.000579. The van der Waals surface area contributed by atoms with Crippen LogP contribution in [0.25, 0.3) is 0 Å². The van der Waals surface area contributed by atoms with Gasteiger partial charge in [0, 0.05) is 7.11 Å². The van der Waals surface area contributed by atoms with Crippen LogP contribution in [0.4, 0.5) is 0 Å². The van der Waals surface area contributed by atoms with Crippen LogP contribution in [0.1, 0.15) is 12.0 Å². The van der Waals surface area contributed by atoms with Gasteiger partial charge in [-0.1, -0.05) is 30.3 Å². The highest BCUT2D eigenvalue weighted by atomic mass is 32.2. The number of hydrogen-bond donors (Lipinski definition) is 1. The maximum Gasteiger partial charge on any atom is 0.165 e. The van der Waals surface area contributed by atoms with Crippen molar-refractivity contribution in [2.75, 3.05) is 25.2 Å². The topological polar surface area (TPSA) is 47.9 Å². The van der Waals surface area contributed by atoms with E-state index in [-0.39, 0.29) is 18.3 Å². The van der Waals surface area contributed by atoms with E-state index >= 15 is 0 Å². The first-order chi connectivity index (χ1) is 11.3. The zero-order chi connectivity index (χ0) is 16.1. The van der Waals surface area contributed by atoms with Gasteiger partial charge in [0.2, 0.25) is 0 Å². The molecule has 1 aromatic rings. The average Bonchev–Trinajstić information content (AvgIpc) is 2.92. The Morgan fingerprint density at radius 2 is 1.96 bits per heavy atom. The summed E-state index contributed by atoms with van der Waals surface area (Å²) >= 11 is 3.82. The molecular weight excluding hydrogens is 332 g/mol. The molecule has 23 heavy (non-hydrogen) atoms. The maximum atomic E-state index is 10.7. The number of hydrogen-bond acceptors (Lipinski definition) is 6. The van der Waals surface area contributed by atoms with Gasteiger partial charge in [-0.15, -0.1) is 23.5 Å². The third-order valence-corrected chi connectivity index (χ3v) is 7.34. The molecule has 2 aliphatic heterocycles. The van der Waals surface area contributed by atoms with E-state index in [9.17, 15) is 5.11 Å². The molecule has 0 aromatic heterocycles. The van der Waals surface area contributed by atoms with Crippen molar-refractivity contribution >= 4 is 23.5 Å². The van der Waals surface area contributed by atoms with E-state index in [1.165, 1.54) is 6.42 Å². The highest BCUT2D eigenvalue weighted by Gasteiger charge is 2.48. The Hall–Kier alpha value is -0.240. The summed E-state index contributed by atoms with van der Waals surface area (Å²) in [5, 5.41) is 10.7. The van der Waals surface area contributed by atoms with Crippen LogP contribution < -0.4 is 0 Å². The lowest BCUT2D eigenvalue weighted by atomic mass is 10.0. The van der Waals surface area contributed by atoms with Crippen LogP contribution in [0, 0.1) is 5.92 Å². The number of aliphatic hydroxyl groups excluding tert-OH is 1. The molecular formula is C17H24O4S2. The van der Waals surface area contributed by atoms with E-state index in [0.29, 0.717) is 17.8 Å². The number of thioether (sulfide) groups is 2. The van der Waals surface area contributed by atoms with Crippen molar-refractivity contribution in [1.82, 2.24) is 0 Å². The first kappa shape index (κ1) is 17.6. The van der Waals surface area contributed by atoms with Gasteiger partial charge in [0.25, 0.3) is 0 Å². The largest absolute Gasteiger partial charge is 0.390 e. The van der Waals surface area contributed by atoms with Gasteiger partial charge in [0.05, 0.1) is 29.8 Å². The van der Waals surface area contributed by atoms with E-state index in [1.807, 2.05) is 53.9 Å². The molecule has 0 unspecified atom stereocenters. The summed E-state index contributed by atoms with van der Waals surface area (Å²) in [5.41, 5.74) is 1.12. The second-order valence-electron chi connectivity index (χ2n) is 5.81. The average molecular weight is 357 g/mol. The third kappa shape index (κ3) is 4.44. The first-order valence-electron chi connectivity index (χ1n) is 8.01. The molecule has 6 heteroatoms. The van der Waals surface area contributed by atoms with Crippen LogP contribution in [0.15, 0.2) is 30.3 Å². The van der Waals surface area contributed by atoms with Gasteiger partial charge in [0.15, 0.2) is 6.29 Å².